The molecule has 3 atom stereocenters. The predicted octanol–water partition coefficient (Wildman–Crippen LogP) is 1.53. The van der Waals surface area contributed by atoms with Crippen LogP contribution in [-0.2, 0) is 4.74 Å². The van der Waals surface area contributed by atoms with Gasteiger partial charge in [-0.1, -0.05) is 0 Å². The lowest BCUT2D eigenvalue weighted by Gasteiger charge is -2.32. The number of nitrogens with two attached hydrogens (primary N) is 1. The lowest BCUT2D eigenvalue weighted by Crippen LogP contribution is -2.41. The Morgan fingerprint density at radius 3 is 2.69 bits per heavy atom. The van der Waals surface area contributed by atoms with Crippen LogP contribution < -0.4 is 10.5 Å². The van der Waals surface area contributed by atoms with Gasteiger partial charge in [-0.05, 0) is 44.0 Å². The van der Waals surface area contributed by atoms with E-state index in [4.69, 9.17) is 15.2 Å². The molecule has 1 aromatic carbocycles. The lowest BCUT2D eigenvalue weighted by atomic mass is 10.1. The van der Waals surface area contributed by atoms with Gasteiger partial charge in [0, 0.05) is 5.69 Å². The third-order valence-corrected chi connectivity index (χ3v) is 2.68. The van der Waals surface area contributed by atoms with Crippen molar-refractivity contribution in [2.24, 2.45) is 0 Å². The molecule has 16 heavy (non-hydrogen) atoms. The third-order valence-electron chi connectivity index (χ3n) is 2.68. The zero-order valence-corrected chi connectivity index (χ0v) is 9.30. The zero-order chi connectivity index (χ0) is 11.5. The van der Waals surface area contributed by atoms with Crippen LogP contribution >= 0.6 is 0 Å². The van der Waals surface area contributed by atoms with Crippen LogP contribution in [0.4, 0.5) is 5.69 Å². The Hall–Kier alpha value is -1.26. The highest BCUT2D eigenvalue weighted by Crippen LogP contribution is 2.23. The van der Waals surface area contributed by atoms with E-state index in [2.05, 4.69) is 0 Å². The number of nitrogen functional groups attached to an aromatic ring is 1. The minimum absolute atomic E-state index is 0.127. The molecule has 4 nitrogen and oxygen atoms in total. The maximum atomic E-state index is 9.73. The molecule has 0 spiro atoms. The van der Waals surface area contributed by atoms with Crippen molar-refractivity contribution in [2.75, 3.05) is 5.73 Å². The molecule has 0 aliphatic carbocycles. The van der Waals surface area contributed by atoms with Gasteiger partial charge in [0.1, 0.15) is 11.9 Å². The first-order valence-electron chi connectivity index (χ1n) is 5.51. The molecule has 0 saturated carbocycles. The minimum atomic E-state index is -0.577. The van der Waals surface area contributed by atoms with Crippen molar-refractivity contribution >= 4 is 5.69 Å². The monoisotopic (exact) mass is 223 g/mol. The van der Waals surface area contributed by atoms with Crippen molar-refractivity contribution in [2.45, 2.75) is 38.3 Å². The normalized spacial score (nSPS) is 30.0. The van der Waals surface area contributed by atoms with Gasteiger partial charge in [0.2, 0.25) is 6.29 Å². The largest absolute Gasteiger partial charge is 0.462 e. The van der Waals surface area contributed by atoms with Crippen LogP contribution in [0.25, 0.3) is 0 Å². The summed E-state index contributed by atoms with van der Waals surface area (Å²) in [4.78, 5) is 0. The SMILES string of the molecule is C[C@H]1CC[C@H](O)[C@@H](Oc2ccc(N)cc2)O1. The standard InChI is InChI=1S/C12H17NO3/c1-8-2-7-11(14)12(15-8)16-10-5-3-9(13)4-6-10/h3-6,8,11-12,14H,2,7,13H2,1H3/t8-,11-,12+/m0/s1. The molecule has 1 saturated heterocycles. The van der Waals surface area contributed by atoms with Crippen LogP contribution in [0.5, 0.6) is 5.75 Å². The number of benzene rings is 1. The Balaban J connectivity index is 2.00. The first kappa shape index (κ1) is 11.2. The van der Waals surface area contributed by atoms with Crippen molar-refractivity contribution in [3.8, 4) is 5.75 Å². The average molecular weight is 223 g/mol. The summed E-state index contributed by atoms with van der Waals surface area (Å²) in [6.07, 6.45) is 0.562. The number of ether oxygens (including phenoxy) is 2. The Morgan fingerprint density at radius 1 is 1.31 bits per heavy atom. The van der Waals surface area contributed by atoms with E-state index in [1.165, 1.54) is 0 Å². The van der Waals surface area contributed by atoms with Crippen molar-refractivity contribution in [3.63, 3.8) is 0 Å². The molecular weight excluding hydrogens is 206 g/mol. The highest BCUT2D eigenvalue weighted by Gasteiger charge is 2.29. The van der Waals surface area contributed by atoms with Crippen LogP contribution in [-0.4, -0.2) is 23.6 Å². The van der Waals surface area contributed by atoms with Gasteiger partial charge in [0.25, 0.3) is 0 Å². The molecule has 0 aromatic heterocycles. The van der Waals surface area contributed by atoms with E-state index in [0.717, 1.165) is 6.42 Å². The first-order chi connectivity index (χ1) is 7.65. The van der Waals surface area contributed by atoms with Crippen LogP contribution in [0, 0.1) is 0 Å². The van der Waals surface area contributed by atoms with E-state index in [0.29, 0.717) is 17.9 Å². The summed E-state index contributed by atoms with van der Waals surface area (Å²) in [6.45, 7) is 1.98. The smallest absolute Gasteiger partial charge is 0.226 e. The van der Waals surface area contributed by atoms with E-state index in [1.54, 1.807) is 24.3 Å². The lowest BCUT2D eigenvalue weighted by molar-refractivity contribution is -0.196. The van der Waals surface area contributed by atoms with Gasteiger partial charge in [-0.3, -0.25) is 0 Å². The van der Waals surface area contributed by atoms with E-state index in [9.17, 15) is 5.11 Å². The fourth-order valence-electron chi connectivity index (χ4n) is 1.72. The van der Waals surface area contributed by atoms with Gasteiger partial charge in [-0.15, -0.1) is 0 Å². The van der Waals surface area contributed by atoms with Gasteiger partial charge in [0.15, 0.2) is 0 Å². The van der Waals surface area contributed by atoms with Crippen LogP contribution in [0.2, 0.25) is 0 Å². The number of hydrogen-bond donors (Lipinski definition) is 2. The summed E-state index contributed by atoms with van der Waals surface area (Å²) >= 11 is 0. The van der Waals surface area contributed by atoms with Gasteiger partial charge in [0.05, 0.1) is 6.10 Å². The summed E-state index contributed by atoms with van der Waals surface area (Å²) in [5.74, 6) is 0.660. The van der Waals surface area contributed by atoms with Crippen LogP contribution in [0.15, 0.2) is 24.3 Å². The molecule has 0 amide bonds. The maximum Gasteiger partial charge on any atom is 0.226 e. The van der Waals surface area contributed by atoms with Crippen molar-refractivity contribution < 1.29 is 14.6 Å². The van der Waals surface area contributed by atoms with Crippen LogP contribution in [0.3, 0.4) is 0 Å². The van der Waals surface area contributed by atoms with Gasteiger partial charge >= 0.3 is 0 Å². The fourth-order valence-corrected chi connectivity index (χ4v) is 1.72. The average Bonchev–Trinajstić information content (AvgIpc) is 2.27. The number of anilines is 1. The van der Waals surface area contributed by atoms with Gasteiger partial charge in [-0.2, -0.15) is 0 Å². The molecule has 1 fully saturated rings. The molecular formula is C12H17NO3. The van der Waals surface area contributed by atoms with Gasteiger partial charge < -0.3 is 20.3 Å². The predicted molar refractivity (Wildman–Crippen MR) is 61.1 cm³/mol. The number of aliphatic hydroxyl groups excluding tert-OH is 1. The molecule has 0 unspecified atom stereocenters. The van der Waals surface area contributed by atoms with Crippen molar-refractivity contribution in [3.05, 3.63) is 24.3 Å². The summed E-state index contributed by atoms with van der Waals surface area (Å²) in [5.41, 5.74) is 6.26. The number of aliphatic hydroxyl groups is 1. The first-order valence-corrected chi connectivity index (χ1v) is 5.51. The van der Waals surface area contributed by atoms with Crippen molar-refractivity contribution in [1.82, 2.24) is 0 Å². The molecule has 1 aliphatic rings. The molecule has 0 radical (unpaired) electrons. The fraction of sp³-hybridized carbons (Fsp3) is 0.500. The molecule has 0 bridgehead atoms. The third kappa shape index (κ3) is 2.65. The maximum absolute atomic E-state index is 9.73. The summed E-state index contributed by atoms with van der Waals surface area (Å²) in [5, 5.41) is 9.73. The van der Waals surface area contributed by atoms with Crippen LogP contribution in [0.1, 0.15) is 19.8 Å². The highest BCUT2D eigenvalue weighted by molar-refractivity contribution is 5.41. The Labute approximate surface area is 95.0 Å². The molecule has 1 aromatic rings. The van der Waals surface area contributed by atoms with Crippen molar-refractivity contribution in [1.29, 1.82) is 0 Å². The molecule has 88 valence electrons. The molecule has 4 heteroatoms. The molecule has 1 heterocycles. The summed E-state index contributed by atoms with van der Waals surface area (Å²) in [7, 11) is 0. The second-order valence-corrected chi connectivity index (χ2v) is 4.15. The van der Waals surface area contributed by atoms with E-state index in [-0.39, 0.29) is 6.10 Å². The minimum Gasteiger partial charge on any atom is -0.462 e. The van der Waals surface area contributed by atoms with E-state index >= 15 is 0 Å². The Morgan fingerprint density at radius 2 is 2.00 bits per heavy atom. The molecule has 3 N–H and O–H groups in total. The molecule has 2 rings (SSSR count). The Kier molecular flexibility index (Phi) is 3.31. The van der Waals surface area contributed by atoms with E-state index in [1.807, 2.05) is 6.92 Å². The second kappa shape index (κ2) is 4.72. The summed E-state index contributed by atoms with van der Waals surface area (Å²) in [6, 6.07) is 7.05. The second-order valence-electron chi connectivity index (χ2n) is 4.15. The Bertz CT molecular complexity index is 339. The number of hydrogen-bond acceptors (Lipinski definition) is 4. The summed E-state index contributed by atoms with van der Waals surface area (Å²) < 4.78 is 11.1. The number of rotatable bonds is 2. The van der Waals surface area contributed by atoms with E-state index < -0.39 is 12.4 Å². The highest BCUT2D eigenvalue weighted by atomic mass is 16.7. The van der Waals surface area contributed by atoms with Gasteiger partial charge in [-0.25, -0.2) is 0 Å². The molecule has 1 aliphatic heterocycles. The zero-order valence-electron chi connectivity index (χ0n) is 9.30. The quantitative estimate of drug-likeness (QED) is 0.746. The topological polar surface area (TPSA) is 64.7 Å².